The van der Waals surface area contributed by atoms with E-state index in [1.165, 1.54) is 0 Å². The predicted octanol–water partition coefficient (Wildman–Crippen LogP) is 2.88. The third kappa shape index (κ3) is 4.22. The molecule has 3 rings (SSSR count). The van der Waals surface area contributed by atoms with Gasteiger partial charge in [-0.3, -0.25) is 9.69 Å². The van der Waals surface area contributed by atoms with Crippen molar-refractivity contribution in [1.82, 2.24) is 4.90 Å². The maximum atomic E-state index is 12.4. The van der Waals surface area contributed by atoms with Gasteiger partial charge in [0.1, 0.15) is 5.75 Å². The number of rotatable bonds is 7. The topological polar surface area (TPSA) is 60.0 Å². The van der Waals surface area contributed by atoms with Crippen molar-refractivity contribution in [1.29, 1.82) is 0 Å². The molecule has 1 N–H and O–H groups in total. The molecule has 0 radical (unpaired) electrons. The molecule has 0 saturated carbocycles. The van der Waals surface area contributed by atoms with Crippen LogP contribution in [0.3, 0.4) is 0 Å². The van der Waals surface area contributed by atoms with Gasteiger partial charge >= 0.3 is 0 Å². The molecule has 1 heterocycles. The van der Waals surface area contributed by atoms with Crippen molar-refractivity contribution in [2.75, 3.05) is 32.3 Å². The first kappa shape index (κ1) is 17.1. The molecular weight excluding hydrogens is 320 g/mol. The van der Waals surface area contributed by atoms with Crippen LogP contribution in [0, 0.1) is 0 Å². The summed E-state index contributed by atoms with van der Waals surface area (Å²) in [6.07, 6.45) is 0. The Morgan fingerprint density at radius 2 is 2.00 bits per heavy atom. The summed E-state index contributed by atoms with van der Waals surface area (Å²) in [5.41, 5.74) is 1.75. The Balaban J connectivity index is 1.60. The molecule has 6 nitrogen and oxygen atoms in total. The second kappa shape index (κ2) is 7.90. The van der Waals surface area contributed by atoms with E-state index in [2.05, 4.69) is 10.2 Å². The number of carbonyl (C=O) groups is 1. The largest absolute Gasteiger partial charge is 0.495 e. The number of hydrogen-bond acceptors (Lipinski definition) is 5. The summed E-state index contributed by atoms with van der Waals surface area (Å²) in [7, 11) is 1.59. The van der Waals surface area contributed by atoms with Crippen LogP contribution >= 0.6 is 0 Å². The second-order valence-corrected chi connectivity index (χ2v) is 5.74. The van der Waals surface area contributed by atoms with E-state index in [0.29, 0.717) is 24.5 Å². The number of carbonyl (C=O) groups excluding carboxylic acids is 1. The molecule has 0 bridgehead atoms. The van der Waals surface area contributed by atoms with Gasteiger partial charge in [0.25, 0.3) is 0 Å². The van der Waals surface area contributed by atoms with Crippen LogP contribution in [-0.2, 0) is 11.3 Å². The van der Waals surface area contributed by atoms with E-state index in [4.69, 9.17) is 14.2 Å². The van der Waals surface area contributed by atoms with Gasteiger partial charge in [0, 0.05) is 6.54 Å². The first-order valence-corrected chi connectivity index (χ1v) is 8.23. The zero-order valence-electron chi connectivity index (χ0n) is 14.5. The predicted molar refractivity (Wildman–Crippen MR) is 95.1 cm³/mol. The number of benzene rings is 2. The molecule has 25 heavy (non-hydrogen) atoms. The molecule has 2 aromatic carbocycles. The molecule has 1 aliphatic rings. The molecule has 0 aliphatic carbocycles. The Labute approximate surface area is 147 Å². The van der Waals surface area contributed by atoms with Gasteiger partial charge in [0.05, 0.1) is 19.3 Å². The molecule has 0 aromatic heterocycles. The summed E-state index contributed by atoms with van der Waals surface area (Å²) in [6, 6.07) is 13.2. The first-order chi connectivity index (χ1) is 12.2. The van der Waals surface area contributed by atoms with E-state index in [9.17, 15) is 4.79 Å². The van der Waals surface area contributed by atoms with Gasteiger partial charge in [-0.05, 0) is 36.4 Å². The number of hydrogen-bond donors (Lipinski definition) is 1. The third-order valence-electron chi connectivity index (χ3n) is 4.04. The van der Waals surface area contributed by atoms with Crippen molar-refractivity contribution in [2.45, 2.75) is 13.5 Å². The number of nitrogens with zero attached hydrogens (tertiary/aromatic N) is 1. The molecule has 1 aliphatic heterocycles. The zero-order valence-corrected chi connectivity index (χ0v) is 14.5. The van der Waals surface area contributed by atoms with Gasteiger partial charge in [0.2, 0.25) is 12.7 Å². The first-order valence-electron chi connectivity index (χ1n) is 8.23. The lowest BCUT2D eigenvalue weighted by Gasteiger charge is -2.20. The molecule has 2 aromatic rings. The highest BCUT2D eigenvalue weighted by Gasteiger charge is 2.16. The van der Waals surface area contributed by atoms with Crippen LogP contribution < -0.4 is 19.5 Å². The Bertz CT molecular complexity index is 748. The normalized spacial score (nSPS) is 12.3. The SMILES string of the molecule is CCN(CC(=O)Nc1ccccc1OC)Cc1ccc2c(c1)OCO2. The summed E-state index contributed by atoms with van der Waals surface area (Å²) in [4.78, 5) is 14.4. The Morgan fingerprint density at radius 3 is 2.80 bits per heavy atom. The fourth-order valence-corrected chi connectivity index (χ4v) is 2.72. The van der Waals surface area contributed by atoms with Gasteiger partial charge in [-0.2, -0.15) is 0 Å². The van der Waals surface area contributed by atoms with Crippen molar-refractivity contribution in [3.63, 3.8) is 0 Å². The lowest BCUT2D eigenvalue weighted by molar-refractivity contribution is -0.117. The lowest BCUT2D eigenvalue weighted by atomic mass is 10.2. The van der Waals surface area contributed by atoms with Crippen LogP contribution in [0.1, 0.15) is 12.5 Å². The number of methoxy groups -OCH3 is 1. The molecule has 0 atom stereocenters. The van der Waals surface area contributed by atoms with E-state index in [1.807, 2.05) is 49.4 Å². The Morgan fingerprint density at radius 1 is 1.20 bits per heavy atom. The lowest BCUT2D eigenvalue weighted by Crippen LogP contribution is -2.32. The summed E-state index contributed by atoms with van der Waals surface area (Å²) in [5.74, 6) is 2.09. The molecular formula is C19H22N2O4. The molecule has 1 amide bonds. The van der Waals surface area contributed by atoms with E-state index < -0.39 is 0 Å². The van der Waals surface area contributed by atoms with Gasteiger partial charge in [0.15, 0.2) is 11.5 Å². The minimum atomic E-state index is -0.0768. The number of anilines is 1. The summed E-state index contributed by atoms with van der Waals surface area (Å²) < 4.78 is 16.0. The van der Waals surface area contributed by atoms with Gasteiger partial charge in [-0.25, -0.2) is 0 Å². The number of likely N-dealkylation sites (N-methyl/N-ethyl adjacent to an activating group) is 1. The van der Waals surface area contributed by atoms with Crippen LogP contribution in [0.25, 0.3) is 0 Å². The summed E-state index contributed by atoms with van der Waals surface area (Å²) >= 11 is 0. The highest BCUT2D eigenvalue weighted by Crippen LogP contribution is 2.32. The van der Waals surface area contributed by atoms with Gasteiger partial charge in [-0.1, -0.05) is 25.1 Å². The van der Waals surface area contributed by atoms with Crippen LogP contribution in [0.15, 0.2) is 42.5 Å². The fraction of sp³-hybridized carbons (Fsp3) is 0.316. The monoisotopic (exact) mass is 342 g/mol. The molecule has 6 heteroatoms. The van der Waals surface area contributed by atoms with Crippen LogP contribution in [0.2, 0.25) is 0 Å². The van der Waals surface area contributed by atoms with Crippen molar-refractivity contribution in [2.24, 2.45) is 0 Å². The quantitative estimate of drug-likeness (QED) is 0.838. The number of fused-ring (bicyclic) bond motifs is 1. The number of nitrogens with one attached hydrogen (secondary N) is 1. The number of amides is 1. The highest BCUT2D eigenvalue weighted by molar-refractivity contribution is 5.93. The maximum absolute atomic E-state index is 12.4. The Kier molecular flexibility index (Phi) is 5.40. The Hall–Kier alpha value is -2.73. The molecule has 0 unspecified atom stereocenters. The van der Waals surface area contributed by atoms with Crippen molar-refractivity contribution in [3.8, 4) is 17.2 Å². The van der Waals surface area contributed by atoms with E-state index in [1.54, 1.807) is 7.11 Å². The standard InChI is InChI=1S/C19H22N2O4/c1-3-21(11-14-8-9-17-18(10-14)25-13-24-17)12-19(22)20-15-6-4-5-7-16(15)23-2/h4-10H,3,11-13H2,1-2H3,(H,20,22). The summed E-state index contributed by atoms with van der Waals surface area (Å²) in [6.45, 7) is 4.00. The zero-order chi connectivity index (χ0) is 17.6. The minimum absolute atomic E-state index is 0.0768. The minimum Gasteiger partial charge on any atom is -0.495 e. The van der Waals surface area contributed by atoms with Crippen LogP contribution in [0.4, 0.5) is 5.69 Å². The van der Waals surface area contributed by atoms with E-state index in [0.717, 1.165) is 23.6 Å². The second-order valence-electron chi connectivity index (χ2n) is 5.74. The molecule has 0 saturated heterocycles. The van der Waals surface area contributed by atoms with Crippen molar-refractivity contribution >= 4 is 11.6 Å². The summed E-state index contributed by atoms with van der Waals surface area (Å²) in [5, 5.41) is 2.90. The fourth-order valence-electron chi connectivity index (χ4n) is 2.72. The third-order valence-corrected chi connectivity index (χ3v) is 4.04. The van der Waals surface area contributed by atoms with Crippen molar-refractivity contribution < 1.29 is 19.0 Å². The number of ether oxygens (including phenoxy) is 3. The van der Waals surface area contributed by atoms with Gasteiger partial charge in [-0.15, -0.1) is 0 Å². The highest BCUT2D eigenvalue weighted by atomic mass is 16.7. The maximum Gasteiger partial charge on any atom is 0.238 e. The smallest absolute Gasteiger partial charge is 0.238 e. The van der Waals surface area contributed by atoms with Crippen LogP contribution in [0.5, 0.6) is 17.2 Å². The molecule has 0 spiro atoms. The average Bonchev–Trinajstić information content (AvgIpc) is 3.09. The van der Waals surface area contributed by atoms with E-state index in [-0.39, 0.29) is 12.7 Å². The average molecular weight is 342 g/mol. The molecule has 132 valence electrons. The molecule has 0 fully saturated rings. The number of para-hydroxylation sites is 2. The van der Waals surface area contributed by atoms with Crippen molar-refractivity contribution in [3.05, 3.63) is 48.0 Å². The van der Waals surface area contributed by atoms with Gasteiger partial charge < -0.3 is 19.5 Å². The van der Waals surface area contributed by atoms with Crippen LogP contribution in [-0.4, -0.2) is 37.8 Å². The van der Waals surface area contributed by atoms with E-state index >= 15 is 0 Å².